The third-order valence-corrected chi connectivity index (χ3v) is 4.05. The Balaban J connectivity index is 2.19. The van der Waals surface area contributed by atoms with Crippen LogP contribution in [0.15, 0.2) is 23.7 Å². The summed E-state index contributed by atoms with van der Waals surface area (Å²) in [4.78, 5) is 14.8. The third-order valence-electron chi connectivity index (χ3n) is 2.35. The number of nitrogens with zero attached hydrogens (tertiary/aromatic N) is 1. The summed E-state index contributed by atoms with van der Waals surface area (Å²) < 4.78 is 22.4. The minimum atomic E-state index is -3.16. The van der Waals surface area contributed by atoms with Gasteiger partial charge in [0.2, 0.25) is 0 Å². The minimum Gasteiger partial charge on any atom is -0.478 e. The van der Waals surface area contributed by atoms with Gasteiger partial charge in [-0.3, -0.25) is 0 Å². The van der Waals surface area contributed by atoms with Crippen molar-refractivity contribution >= 4 is 33.2 Å². The highest BCUT2D eigenvalue weighted by atomic mass is 35.5. The average Bonchev–Trinajstić information content (AvgIpc) is 2.60. The molecule has 0 amide bonds. The van der Waals surface area contributed by atoms with Gasteiger partial charge in [0, 0.05) is 11.6 Å². The Morgan fingerprint density at radius 1 is 1.56 bits per heavy atom. The first-order valence-electron chi connectivity index (χ1n) is 4.94. The van der Waals surface area contributed by atoms with Crippen molar-refractivity contribution in [2.24, 2.45) is 0 Å². The van der Waals surface area contributed by atoms with Gasteiger partial charge in [-0.25, -0.2) is 18.2 Å². The van der Waals surface area contributed by atoms with Crippen LogP contribution >= 0.6 is 11.6 Å². The highest BCUT2D eigenvalue weighted by molar-refractivity contribution is 7.94. The molecule has 1 aromatic heterocycles. The number of carboxylic acid groups (broad SMARTS) is 1. The maximum absolute atomic E-state index is 11.2. The van der Waals surface area contributed by atoms with Gasteiger partial charge in [0.15, 0.2) is 9.84 Å². The summed E-state index contributed by atoms with van der Waals surface area (Å²) in [5.74, 6) is -0.969. The van der Waals surface area contributed by atoms with Crippen molar-refractivity contribution in [3.8, 4) is 0 Å². The smallest absolute Gasteiger partial charge is 0.337 e. The van der Waals surface area contributed by atoms with E-state index in [1.165, 1.54) is 18.3 Å². The molecule has 2 N–H and O–H groups in total. The lowest BCUT2D eigenvalue weighted by molar-refractivity contribution is 0.0697. The quantitative estimate of drug-likeness (QED) is 0.866. The van der Waals surface area contributed by atoms with E-state index in [9.17, 15) is 13.2 Å². The van der Waals surface area contributed by atoms with Crippen LogP contribution in [0.25, 0.3) is 0 Å². The number of halogens is 1. The molecule has 1 unspecified atom stereocenters. The average molecular weight is 289 g/mol. The Labute approximate surface area is 108 Å². The van der Waals surface area contributed by atoms with Gasteiger partial charge in [-0.1, -0.05) is 11.6 Å². The Morgan fingerprint density at radius 3 is 2.83 bits per heavy atom. The van der Waals surface area contributed by atoms with Crippen molar-refractivity contribution in [1.29, 1.82) is 0 Å². The number of pyridine rings is 1. The van der Waals surface area contributed by atoms with E-state index < -0.39 is 21.8 Å². The molecule has 2 rings (SSSR count). The highest BCUT2D eigenvalue weighted by Crippen LogP contribution is 2.20. The molecule has 0 saturated carbocycles. The number of aromatic carboxylic acids is 1. The molecule has 1 aliphatic rings. The molecule has 0 spiro atoms. The second-order valence-corrected chi connectivity index (χ2v) is 6.10. The predicted molar refractivity (Wildman–Crippen MR) is 66.5 cm³/mol. The largest absolute Gasteiger partial charge is 0.478 e. The van der Waals surface area contributed by atoms with Crippen molar-refractivity contribution in [2.45, 2.75) is 6.04 Å². The Hall–Kier alpha value is -1.60. The monoisotopic (exact) mass is 288 g/mol. The maximum atomic E-state index is 11.2. The van der Waals surface area contributed by atoms with Crippen LogP contribution in [0.5, 0.6) is 0 Å². The summed E-state index contributed by atoms with van der Waals surface area (Å²) in [6.45, 7) is 0. The molecule has 1 aromatic rings. The van der Waals surface area contributed by atoms with E-state index in [0.29, 0.717) is 0 Å². The van der Waals surface area contributed by atoms with Gasteiger partial charge in [-0.05, 0) is 12.1 Å². The summed E-state index contributed by atoms with van der Waals surface area (Å²) in [5.41, 5.74) is -0.0843. The number of aromatic nitrogens is 1. The molecular weight excluding hydrogens is 280 g/mol. The van der Waals surface area contributed by atoms with E-state index in [0.717, 1.165) is 5.41 Å². The van der Waals surface area contributed by atoms with Crippen molar-refractivity contribution < 1.29 is 18.3 Å². The zero-order valence-electron chi connectivity index (χ0n) is 9.00. The van der Waals surface area contributed by atoms with Crippen LogP contribution in [0.1, 0.15) is 10.4 Å². The van der Waals surface area contributed by atoms with Crippen LogP contribution in [-0.2, 0) is 9.84 Å². The highest BCUT2D eigenvalue weighted by Gasteiger charge is 2.22. The van der Waals surface area contributed by atoms with E-state index >= 15 is 0 Å². The number of hydrogen-bond acceptors (Lipinski definition) is 5. The van der Waals surface area contributed by atoms with Crippen LogP contribution in [0.2, 0.25) is 5.02 Å². The Kier molecular flexibility index (Phi) is 3.27. The SMILES string of the molecule is O=C(O)c1cc(NC2C=CS(=O)(=O)C2)ncc1Cl. The van der Waals surface area contributed by atoms with E-state index in [1.807, 2.05) is 0 Å². The van der Waals surface area contributed by atoms with Crippen LogP contribution in [0.4, 0.5) is 5.82 Å². The number of hydrogen-bond donors (Lipinski definition) is 2. The first kappa shape index (κ1) is 12.8. The molecule has 8 heteroatoms. The molecule has 96 valence electrons. The molecule has 18 heavy (non-hydrogen) atoms. The van der Waals surface area contributed by atoms with Gasteiger partial charge in [0.05, 0.1) is 22.4 Å². The van der Waals surface area contributed by atoms with Crippen molar-refractivity contribution in [2.75, 3.05) is 11.1 Å². The second-order valence-electron chi connectivity index (χ2n) is 3.76. The Morgan fingerprint density at radius 2 is 2.28 bits per heavy atom. The predicted octanol–water partition coefficient (Wildman–Crippen LogP) is 1.16. The molecule has 0 fully saturated rings. The summed E-state index contributed by atoms with van der Waals surface area (Å²) >= 11 is 5.67. The molecule has 0 aliphatic carbocycles. The van der Waals surface area contributed by atoms with Crippen molar-refractivity contribution in [3.63, 3.8) is 0 Å². The zero-order chi connectivity index (χ0) is 13.3. The lowest BCUT2D eigenvalue weighted by Gasteiger charge is -2.11. The summed E-state index contributed by atoms with van der Waals surface area (Å²) in [5, 5.41) is 12.9. The fourth-order valence-electron chi connectivity index (χ4n) is 1.54. The van der Waals surface area contributed by atoms with E-state index in [-0.39, 0.29) is 22.2 Å². The summed E-state index contributed by atoms with van der Waals surface area (Å²) in [7, 11) is -3.16. The molecule has 1 atom stereocenters. The van der Waals surface area contributed by atoms with E-state index in [1.54, 1.807) is 0 Å². The van der Waals surface area contributed by atoms with Gasteiger partial charge in [-0.15, -0.1) is 0 Å². The van der Waals surface area contributed by atoms with Gasteiger partial charge in [-0.2, -0.15) is 0 Å². The van der Waals surface area contributed by atoms with Crippen molar-refractivity contribution in [3.05, 3.63) is 34.3 Å². The van der Waals surface area contributed by atoms with Crippen molar-refractivity contribution in [1.82, 2.24) is 4.98 Å². The van der Waals surface area contributed by atoms with Gasteiger partial charge >= 0.3 is 5.97 Å². The topological polar surface area (TPSA) is 96.4 Å². The molecule has 1 aliphatic heterocycles. The fraction of sp³-hybridized carbons (Fsp3) is 0.200. The summed E-state index contributed by atoms with van der Waals surface area (Å²) in [6, 6.07) is 0.856. The van der Waals surface area contributed by atoms with Crippen LogP contribution in [-0.4, -0.2) is 36.3 Å². The number of rotatable bonds is 3. The van der Waals surface area contributed by atoms with Crippen LogP contribution < -0.4 is 5.32 Å². The number of sulfone groups is 1. The number of nitrogens with one attached hydrogen (secondary N) is 1. The zero-order valence-corrected chi connectivity index (χ0v) is 10.6. The van der Waals surface area contributed by atoms with Gasteiger partial charge in [0.25, 0.3) is 0 Å². The minimum absolute atomic E-state index is 0.0302. The molecule has 0 aromatic carbocycles. The third kappa shape index (κ3) is 2.80. The molecule has 6 nitrogen and oxygen atoms in total. The van der Waals surface area contributed by atoms with E-state index in [2.05, 4.69) is 10.3 Å². The van der Waals surface area contributed by atoms with Gasteiger partial charge < -0.3 is 10.4 Å². The van der Waals surface area contributed by atoms with E-state index in [4.69, 9.17) is 16.7 Å². The number of carboxylic acids is 1. The number of carbonyl (C=O) groups is 1. The molecule has 0 bridgehead atoms. The molecular formula is C10H9ClN2O4S. The first-order valence-corrected chi connectivity index (χ1v) is 7.03. The van der Waals surface area contributed by atoms with Gasteiger partial charge in [0.1, 0.15) is 5.82 Å². The Bertz CT molecular complexity index is 627. The number of anilines is 1. The van der Waals surface area contributed by atoms with Crippen LogP contribution in [0.3, 0.4) is 0 Å². The normalized spacial score (nSPS) is 20.8. The lowest BCUT2D eigenvalue weighted by atomic mass is 10.2. The summed E-state index contributed by atoms with van der Waals surface area (Å²) in [6.07, 6.45) is 2.70. The molecule has 2 heterocycles. The lowest BCUT2D eigenvalue weighted by Crippen LogP contribution is -2.21. The maximum Gasteiger partial charge on any atom is 0.337 e. The standard InChI is InChI=1S/C10H9ClN2O4S/c11-8-4-12-9(3-7(8)10(14)15)13-6-1-2-18(16,17)5-6/h1-4,6H,5H2,(H,12,13)(H,14,15). The molecule has 0 radical (unpaired) electrons. The molecule has 0 saturated heterocycles. The van der Waals surface area contributed by atoms with Crippen LogP contribution in [0, 0.1) is 0 Å². The second kappa shape index (κ2) is 4.58. The fourth-order valence-corrected chi connectivity index (χ4v) is 2.96. The first-order chi connectivity index (χ1) is 8.37.